The molecule has 0 radical (unpaired) electrons. The van der Waals surface area contributed by atoms with Gasteiger partial charge < -0.3 is 15.2 Å². The van der Waals surface area contributed by atoms with Crippen molar-refractivity contribution in [2.24, 2.45) is 0 Å². The van der Waals surface area contributed by atoms with Crippen LogP contribution in [0.15, 0.2) is 45.3 Å². The number of nitrogen functional groups attached to an aromatic ring is 1. The van der Waals surface area contributed by atoms with E-state index in [0.717, 1.165) is 14.7 Å². The Morgan fingerprint density at radius 1 is 1.00 bits per heavy atom. The molecule has 2 N–H and O–H groups in total. The van der Waals surface area contributed by atoms with Gasteiger partial charge in [0, 0.05) is 4.47 Å². The molecule has 2 aromatic carbocycles. The number of anilines is 1. The summed E-state index contributed by atoms with van der Waals surface area (Å²) in [7, 11) is 1.62. The highest BCUT2D eigenvalue weighted by atomic mass is 79.9. The molecule has 0 aliphatic heterocycles. The van der Waals surface area contributed by atoms with Gasteiger partial charge in [-0.1, -0.05) is 15.9 Å². The van der Waals surface area contributed by atoms with Crippen LogP contribution in [0.2, 0.25) is 0 Å². The van der Waals surface area contributed by atoms with Gasteiger partial charge in [-0.05, 0) is 52.3 Å². The molecule has 0 amide bonds. The number of hydrogen-bond donors (Lipinski definition) is 1. The van der Waals surface area contributed by atoms with Crippen molar-refractivity contribution in [3.05, 3.63) is 45.3 Å². The van der Waals surface area contributed by atoms with Crippen molar-refractivity contribution < 1.29 is 9.47 Å². The van der Waals surface area contributed by atoms with E-state index < -0.39 is 0 Å². The van der Waals surface area contributed by atoms with Crippen LogP contribution in [0.25, 0.3) is 0 Å². The van der Waals surface area contributed by atoms with Gasteiger partial charge in [0.25, 0.3) is 0 Å². The average molecular weight is 373 g/mol. The highest BCUT2D eigenvalue weighted by Gasteiger charge is 2.07. The molecular formula is C13H11Br2NO2. The van der Waals surface area contributed by atoms with Crippen molar-refractivity contribution in [3.8, 4) is 17.2 Å². The van der Waals surface area contributed by atoms with Crippen LogP contribution in [-0.2, 0) is 0 Å². The lowest BCUT2D eigenvalue weighted by molar-refractivity contribution is 0.412. The van der Waals surface area contributed by atoms with E-state index in [-0.39, 0.29) is 0 Å². The summed E-state index contributed by atoms with van der Waals surface area (Å²) in [5.74, 6) is 2.06. The number of nitrogens with two attached hydrogens (primary N) is 1. The van der Waals surface area contributed by atoms with Crippen LogP contribution in [-0.4, -0.2) is 7.11 Å². The summed E-state index contributed by atoms with van der Waals surface area (Å²) in [4.78, 5) is 0. The Morgan fingerprint density at radius 2 is 1.72 bits per heavy atom. The van der Waals surface area contributed by atoms with Crippen molar-refractivity contribution in [2.45, 2.75) is 0 Å². The molecule has 5 heteroatoms. The molecule has 0 saturated heterocycles. The Labute approximate surface area is 122 Å². The van der Waals surface area contributed by atoms with Crippen LogP contribution in [0, 0.1) is 0 Å². The van der Waals surface area contributed by atoms with Gasteiger partial charge in [-0.15, -0.1) is 0 Å². The van der Waals surface area contributed by atoms with Crippen molar-refractivity contribution in [1.29, 1.82) is 0 Å². The van der Waals surface area contributed by atoms with Crippen LogP contribution in [0.5, 0.6) is 17.2 Å². The molecule has 2 aromatic rings. The van der Waals surface area contributed by atoms with Crippen LogP contribution >= 0.6 is 31.9 Å². The molecular weight excluding hydrogens is 362 g/mol. The number of rotatable bonds is 3. The average Bonchev–Trinajstić information content (AvgIpc) is 2.34. The SMILES string of the molecule is COc1ccc(Oc2ccc(Br)cc2N)c(Br)c1. The predicted octanol–water partition coefficient (Wildman–Crippen LogP) is 4.59. The summed E-state index contributed by atoms with van der Waals surface area (Å²) in [5.41, 5.74) is 6.46. The number of benzene rings is 2. The second kappa shape index (κ2) is 5.63. The molecule has 2 rings (SSSR count). The molecule has 0 aliphatic carbocycles. The van der Waals surface area contributed by atoms with Gasteiger partial charge in [0.05, 0.1) is 17.3 Å². The van der Waals surface area contributed by atoms with E-state index in [4.69, 9.17) is 15.2 Å². The molecule has 0 aromatic heterocycles. The zero-order chi connectivity index (χ0) is 13.1. The Kier molecular flexibility index (Phi) is 4.14. The van der Waals surface area contributed by atoms with E-state index in [0.29, 0.717) is 17.2 Å². The van der Waals surface area contributed by atoms with Gasteiger partial charge in [-0.2, -0.15) is 0 Å². The Hall–Kier alpha value is -1.20. The number of hydrogen-bond acceptors (Lipinski definition) is 3. The number of halogens is 2. The highest BCUT2D eigenvalue weighted by Crippen LogP contribution is 2.35. The quantitative estimate of drug-likeness (QED) is 0.801. The maximum atomic E-state index is 5.88. The van der Waals surface area contributed by atoms with Gasteiger partial charge in [0.2, 0.25) is 0 Å². The first-order chi connectivity index (χ1) is 8.60. The highest BCUT2D eigenvalue weighted by molar-refractivity contribution is 9.10. The summed E-state index contributed by atoms with van der Waals surface area (Å²) in [6, 6.07) is 11.0. The monoisotopic (exact) mass is 371 g/mol. The number of methoxy groups -OCH3 is 1. The van der Waals surface area contributed by atoms with Gasteiger partial charge >= 0.3 is 0 Å². The van der Waals surface area contributed by atoms with E-state index in [1.807, 2.05) is 30.3 Å². The lowest BCUT2D eigenvalue weighted by atomic mass is 10.3. The fourth-order valence-corrected chi connectivity index (χ4v) is 2.24. The topological polar surface area (TPSA) is 44.5 Å². The van der Waals surface area contributed by atoms with Crippen molar-refractivity contribution in [2.75, 3.05) is 12.8 Å². The largest absolute Gasteiger partial charge is 0.497 e. The van der Waals surface area contributed by atoms with Crippen LogP contribution < -0.4 is 15.2 Å². The standard InChI is InChI=1S/C13H11Br2NO2/c1-17-9-3-5-12(10(15)7-9)18-13-4-2-8(14)6-11(13)16/h2-7H,16H2,1H3. The first kappa shape index (κ1) is 13.2. The lowest BCUT2D eigenvalue weighted by Gasteiger charge is -2.11. The van der Waals surface area contributed by atoms with E-state index in [2.05, 4.69) is 31.9 Å². The minimum absolute atomic E-state index is 0.576. The van der Waals surface area contributed by atoms with Gasteiger partial charge in [-0.3, -0.25) is 0 Å². The van der Waals surface area contributed by atoms with Crippen molar-refractivity contribution in [1.82, 2.24) is 0 Å². The molecule has 0 saturated carbocycles. The fraction of sp³-hybridized carbons (Fsp3) is 0.0769. The summed E-state index contributed by atoms with van der Waals surface area (Å²) >= 11 is 6.78. The first-order valence-corrected chi connectivity index (χ1v) is 6.75. The smallest absolute Gasteiger partial charge is 0.150 e. The zero-order valence-corrected chi connectivity index (χ0v) is 12.8. The Bertz CT molecular complexity index is 573. The second-order valence-corrected chi connectivity index (χ2v) is 5.35. The molecule has 18 heavy (non-hydrogen) atoms. The molecule has 94 valence electrons. The minimum Gasteiger partial charge on any atom is -0.497 e. The van der Waals surface area contributed by atoms with Crippen molar-refractivity contribution >= 4 is 37.5 Å². The van der Waals surface area contributed by atoms with Crippen LogP contribution in [0.1, 0.15) is 0 Å². The summed E-state index contributed by atoms with van der Waals surface area (Å²) < 4.78 is 12.6. The van der Waals surface area contributed by atoms with Gasteiger partial charge in [-0.25, -0.2) is 0 Å². The molecule has 0 aliphatic rings. The Morgan fingerprint density at radius 3 is 2.33 bits per heavy atom. The summed E-state index contributed by atoms with van der Waals surface area (Å²) in [5, 5.41) is 0. The van der Waals surface area contributed by atoms with E-state index in [9.17, 15) is 0 Å². The van der Waals surface area contributed by atoms with E-state index in [1.165, 1.54) is 0 Å². The molecule has 3 nitrogen and oxygen atoms in total. The zero-order valence-electron chi connectivity index (χ0n) is 9.61. The molecule has 0 bridgehead atoms. The fourth-order valence-electron chi connectivity index (χ4n) is 1.42. The molecule has 0 heterocycles. The molecule has 0 atom stereocenters. The molecule has 0 unspecified atom stereocenters. The molecule has 0 fully saturated rings. The normalized spacial score (nSPS) is 10.2. The summed E-state index contributed by atoms with van der Waals surface area (Å²) in [6.07, 6.45) is 0. The third-order valence-corrected chi connectivity index (χ3v) is 3.44. The van der Waals surface area contributed by atoms with E-state index in [1.54, 1.807) is 13.2 Å². The third-order valence-electron chi connectivity index (χ3n) is 2.33. The maximum absolute atomic E-state index is 5.88. The molecule has 0 spiro atoms. The first-order valence-electron chi connectivity index (χ1n) is 5.16. The lowest BCUT2D eigenvalue weighted by Crippen LogP contribution is -1.93. The maximum Gasteiger partial charge on any atom is 0.150 e. The van der Waals surface area contributed by atoms with Gasteiger partial charge in [0.15, 0.2) is 0 Å². The van der Waals surface area contributed by atoms with Crippen molar-refractivity contribution in [3.63, 3.8) is 0 Å². The second-order valence-electron chi connectivity index (χ2n) is 3.58. The van der Waals surface area contributed by atoms with Crippen LogP contribution in [0.3, 0.4) is 0 Å². The van der Waals surface area contributed by atoms with Crippen LogP contribution in [0.4, 0.5) is 5.69 Å². The Balaban J connectivity index is 2.28. The van der Waals surface area contributed by atoms with Gasteiger partial charge in [0.1, 0.15) is 17.2 Å². The number of ether oxygens (including phenoxy) is 2. The minimum atomic E-state index is 0.576. The third kappa shape index (κ3) is 2.97. The predicted molar refractivity (Wildman–Crippen MR) is 79.3 cm³/mol. The summed E-state index contributed by atoms with van der Waals surface area (Å²) in [6.45, 7) is 0. The van der Waals surface area contributed by atoms with E-state index >= 15 is 0 Å².